The van der Waals surface area contributed by atoms with Gasteiger partial charge in [0.25, 0.3) is 0 Å². The summed E-state index contributed by atoms with van der Waals surface area (Å²) < 4.78 is 0. The topological polar surface area (TPSA) is 50.9 Å². The number of nitrogens with one attached hydrogen (secondary N) is 1. The smallest absolute Gasteiger partial charge is 0.113 e. The molecule has 4 heteroatoms. The maximum Gasteiger partial charge on any atom is 0.113 e. The van der Waals surface area contributed by atoms with E-state index in [1.54, 1.807) is 11.3 Å². The van der Waals surface area contributed by atoms with E-state index >= 15 is 0 Å². The highest BCUT2D eigenvalue weighted by Gasteiger charge is 2.23. The van der Waals surface area contributed by atoms with Crippen LogP contribution < -0.4 is 11.1 Å². The SMILES string of the molecule is Cc1nc(C(C)(C)NCCN)sc1C. The first-order valence-electron chi connectivity index (χ1n) is 4.87. The molecule has 80 valence electrons. The summed E-state index contributed by atoms with van der Waals surface area (Å²) >= 11 is 1.76. The number of nitrogens with two attached hydrogens (primary N) is 1. The fourth-order valence-corrected chi connectivity index (χ4v) is 2.19. The van der Waals surface area contributed by atoms with Gasteiger partial charge in [-0.3, -0.25) is 0 Å². The molecule has 1 aromatic heterocycles. The highest BCUT2D eigenvalue weighted by Crippen LogP contribution is 2.26. The fraction of sp³-hybridized carbons (Fsp3) is 0.700. The summed E-state index contributed by atoms with van der Waals surface area (Å²) in [6.07, 6.45) is 0. The van der Waals surface area contributed by atoms with Crippen LogP contribution in [0, 0.1) is 13.8 Å². The standard InChI is InChI=1S/C10H19N3S/c1-7-8(2)14-9(13-7)10(3,4)12-6-5-11/h12H,5-6,11H2,1-4H3. The van der Waals surface area contributed by atoms with Gasteiger partial charge in [-0.15, -0.1) is 11.3 Å². The maximum atomic E-state index is 5.47. The average molecular weight is 213 g/mol. The Kier molecular flexibility index (Phi) is 3.64. The van der Waals surface area contributed by atoms with Crippen molar-refractivity contribution in [3.05, 3.63) is 15.6 Å². The first-order chi connectivity index (χ1) is 6.47. The van der Waals surface area contributed by atoms with Crippen LogP contribution in [0.25, 0.3) is 0 Å². The highest BCUT2D eigenvalue weighted by molar-refractivity contribution is 7.11. The van der Waals surface area contributed by atoms with Gasteiger partial charge >= 0.3 is 0 Å². The number of nitrogens with zero attached hydrogens (tertiary/aromatic N) is 1. The Balaban J connectivity index is 2.80. The van der Waals surface area contributed by atoms with Crippen molar-refractivity contribution in [1.82, 2.24) is 10.3 Å². The minimum absolute atomic E-state index is 0.0664. The lowest BCUT2D eigenvalue weighted by Crippen LogP contribution is -2.39. The monoisotopic (exact) mass is 213 g/mol. The van der Waals surface area contributed by atoms with E-state index in [9.17, 15) is 0 Å². The molecule has 0 saturated carbocycles. The Morgan fingerprint density at radius 3 is 2.50 bits per heavy atom. The second-order valence-corrected chi connectivity index (χ2v) is 5.20. The zero-order chi connectivity index (χ0) is 10.8. The van der Waals surface area contributed by atoms with Gasteiger partial charge in [-0.25, -0.2) is 4.98 Å². The Morgan fingerprint density at radius 1 is 1.43 bits per heavy atom. The molecule has 0 radical (unpaired) electrons. The lowest BCUT2D eigenvalue weighted by Gasteiger charge is -2.23. The summed E-state index contributed by atoms with van der Waals surface area (Å²) in [5.74, 6) is 0. The minimum atomic E-state index is -0.0664. The molecule has 0 aliphatic rings. The molecule has 14 heavy (non-hydrogen) atoms. The summed E-state index contributed by atoms with van der Waals surface area (Å²) in [4.78, 5) is 5.84. The van der Waals surface area contributed by atoms with Crippen molar-refractivity contribution in [3.63, 3.8) is 0 Å². The van der Waals surface area contributed by atoms with Crippen molar-refractivity contribution in [2.45, 2.75) is 33.2 Å². The van der Waals surface area contributed by atoms with Gasteiger partial charge in [-0.05, 0) is 27.7 Å². The quantitative estimate of drug-likeness (QED) is 0.797. The number of aryl methyl sites for hydroxylation is 2. The summed E-state index contributed by atoms with van der Waals surface area (Å²) in [7, 11) is 0. The molecule has 0 bridgehead atoms. The van der Waals surface area contributed by atoms with Crippen LogP contribution in [-0.4, -0.2) is 18.1 Å². The van der Waals surface area contributed by atoms with Crippen molar-refractivity contribution in [2.24, 2.45) is 5.73 Å². The molecule has 0 amide bonds. The third-order valence-electron chi connectivity index (χ3n) is 2.27. The van der Waals surface area contributed by atoms with Gasteiger partial charge in [0.1, 0.15) is 5.01 Å². The molecular formula is C10H19N3S. The molecule has 1 heterocycles. The van der Waals surface area contributed by atoms with Crippen molar-refractivity contribution in [1.29, 1.82) is 0 Å². The van der Waals surface area contributed by atoms with Crippen molar-refractivity contribution >= 4 is 11.3 Å². The molecule has 0 aliphatic heterocycles. The van der Waals surface area contributed by atoms with Crippen LogP contribution in [0.1, 0.15) is 29.4 Å². The largest absolute Gasteiger partial charge is 0.329 e. The van der Waals surface area contributed by atoms with E-state index in [0.29, 0.717) is 6.54 Å². The molecule has 0 saturated heterocycles. The van der Waals surface area contributed by atoms with E-state index in [4.69, 9.17) is 5.73 Å². The first kappa shape index (κ1) is 11.6. The van der Waals surface area contributed by atoms with Crippen LogP contribution in [0.15, 0.2) is 0 Å². The molecule has 3 N–H and O–H groups in total. The Labute approximate surface area is 89.7 Å². The molecule has 1 rings (SSSR count). The summed E-state index contributed by atoms with van der Waals surface area (Å²) in [6.45, 7) is 9.92. The lowest BCUT2D eigenvalue weighted by atomic mass is 10.1. The Morgan fingerprint density at radius 2 is 2.07 bits per heavy atom. The van der Waals surface area contributed by atoms with Gasteiger partial charge in [0, 0.05) is 18.0 Å². The van der Waals surface area contributed by atoms with Crippen molar-refractivity contribution in [2.75, 3.05) is 13.1 Å². The number of rotatable bonds is 4. The Hall–Kier alpha value is -0.450. The zero-order valence-corrected chi connectivity index (χ0v) is 10.2. The fourth-order valence-electron chi connectivity index (χ4n) is 1.20. The molecule has 0 aromatic carbocycles. The number of aromatic nitrogens is 1. The van der Waals surface area contributed by atoms with E-state index in [2.05, 4.69) is 31.1 Å². The number of hydrogen-bond acceptors (Lipinski definition) is 4. The predicted molar refractivity (Wildman–Crippen MR) is 61.7 cm³/mol. The molecule has 0 spiro atoms. The molecule has 1 aromatic rings. The average Bonchev–Trinajstić information content (AvgIpc) is 2.45. The summed E-state index contributed by atoms with van der Waals surface area (Å²) in [6, 6.07) is 0. The van der Waals surface area contributed by atoms with Gasteiger partial charge in [0.05, 0.1) is 11.2 Å². The van der Waals surface area contributed by atoms with Crippen LogP contribution in [0.2, 0.25) is 0 Å². The third-order valence-corrected chi connectivity index (χ3v) is 3.67. The second-order valence-electron chi connectivity index (χ2n) is 4.00. The molecular weight excluding hydrogens is 194 g/mol. The van der Waals surface area contributed by atoms with Crippen LogP contribution in [0.4, 0.5) is 0 Å². The van der Waals surface area contributed by atoms with E-state index in [1.807, 2.05) is 6.92 Å². The van der Waals surface area contributed by atoms with E-state index in [-0.39, 0.29) is 5.54 Å². The maximum absolute atomic E-state index is 5.47. The van der Waals surface area contributed by atoms with Gasteiger partial charge in [0.15, 0.2) is 0 Å². The lowest BCUT2D eigenvalue weighted by molar-refractivity contribution is 0.407. The van der Waals surface area contributed by atoms with Gasteiger partial charge in [-0.1, -0.05) is 0 Å². The second kappa shape index (κ2) is 4.38. The minimum Gasteiger partial charge on any atom is -0.329 e. The van der Waals surface area contributed by atoms with Gasteiger partial charge < -0.3 is 11.1 Å². The molecule has 0 atom stereocenters. The van der Waals surface area contributed by atoms with Crippen LogP contribution in [0.5, 0.6) is 0 Å². The van der Waals surface area contributed by atoms with Crippen molar-refractivity contribution in [3.8, 4) is 0 Å². The van der Waals surface area contributed by atoms with E-state index in [1.165, 1.54) is 4.88 Å². The van der Waals surface area contributed by atoms with Crippen molar-refractivity contribution < 1.29 is 0 Å². The zero-order valence-electron chi connectivity index (χ0n) is 9.35. The van der Waals surface area contributed by atoms with Crippen LogP contribution >= 0.6 is 11.3 Å². The molecule has 0 unspecified atom stereocenters. The Bertz CT molecular complexity index is 285. The number of hydrogen-bond donors (Lipinski definition) is 2. The predicted octanol–water partition coefficient (Wildman–Crippen LogP) is 1.54. The van der Waals surface area contributed by atoms with Crippen LogP contribution in [-0.2, 0) is 5.54 Å². The van der Waals surface area contributed by atoms with Crippen LogP contribution in [0.3, 0.4) is 0 Å². The van der Waals surface area contributed by atoms with Gasteiger partial charge in [0.2, 0.25) is 0 Å². The first-order valence-corrected chi connectivity index (χ1v) is 5.68. The van der Waals surface area contributed by atoms with E-state index < -0.39 is 0 Å². The number of thiazole rings is 1. The highest BCUT2D eigenvalue weighted by atomic mass is 32.1. The summed E-state index contributed by atoms with van der Waals surface area (Å²) in [5, 5.41) is 4.53. The molecule has 0 aliphatic carbocycles. The molecule has 3 nitrogen and oxygen atoms in total. The normalized spacial score (nSPS) is 12.1. The van der Waals surface area contributed by atoms with E-state index in [0.717, 1.165) is 17.2 Å². The van der Waals surface area contributed by atoms with Gasteiger partial charge in [-0.2, -0.15) is 0 Å². The summed E-state index contributed by atoms with van der Waals surface area (Å²) in [5.41, 5.74) is 6.54. The molecule has 0 fully saturated rings. The third kappa shape index (κ3) is 2.53.